The second-order valence-corrected chi connectivity index (χ2v) is 4.97. The van der Waals surface area contributed by atoms with Crippen molar-refractivity contribution < 1.29 is 9.53 Å². The summed E-state index contributed by atoms with van der Waals surface area (Å²) >= 11 is 1.55. The Hall–Kier alpha value is -1.75. The summed E-state index contributed by atoms with van der Waals surface area (Å²) in [5.41, 5.74) is 2.77. The van der Waals surface area contributed by atoms with Crippen LogP contribution < -0.4 is 0 Å². The predicted octanol–water partition coefficient (Wildman–Crippen LogP) is 3.01. The Kier molecular flexibility index (Phi) is 4.63. The minimum absolute atomic E-state index is 0.175. The van der Waals surface area contributed by atoms with Gasteiger partial charge in [0.1, 0.15) is 5.01 Å². The van der Waals surface area contributed by atoms with Crippen molar-refractivity contribution in [1.29, 1.82) is 0 Å². The quantitative estimate of drug-likeness (QED) is 0.788. The van der Waals surface area contributed by atoms with E-state index in [1.54, 1.807) is 11.3 Å². The van der Waals surface area contributed by atoms with Crippen molar-refractivity contribution in [2.45, 2.75) is 26.7 Å². The number of carbonyl (C=O) groups excluding carboxylic acids is 1. The Bertz CT molecular complexity index is 566. The van der Waals surface area contributed by atoms with E-state index in [1.807, 2.05) is 37.4 Å². The normalized spacial score (nSPS) is 10.4. The molecule has 0 N–H and O–H groups in total. The van der Waals surface area contributed by atoms with Gasteiger partial charge in [0.25, 0.3) is 0 Å². The Morgan fingerprint density at radius 1 is 1.37 bits per heavy atom. The third-order valence-electron chi connectivity index (χ3n) is 2.55. The number of aromatic nitrogens is 2. The molecule has 0 saturated heterocycles. The molecule has 0 unspecified atom stereocenters. The van der Waals surface area contributed by atoms with Crippen molar-refractivity contribution in [1.82, 2.24) is 9.97 Å². The summed E-state index contributed by atoms with van der Waals surface area (Å²) in [5, 5.41) is 2.86. The van der Waals surface area contributed by atoms with Crippen LogP contribution in [0.5, 0.6) is 0 Å². The smallest absolute Gasteiger partial charge is 0.306 e. The van der Waals surface area contributed by atoms with Gasteiger partial charge in [0, 0.05) is 17.5 Å². The number of rotatable bonds is 5. The van der Waals surface area contributed by atoms with Crippen LogP contribution in [-0.2, 0) is 16.0 Å². The first-order valence-electron chi connectivity index (χ1n) is 6.23. The Balaban J connectivity index is 2.01. The first kappa shape index (κ1) is 13.7. The van der Waals surface area contributed by atoms with E-state index in [9.17, 15) is 4.79 Å². The van der Waals surface area contributed by atoms with Gasteiger partial charge in [-0.1, -0.05) is 6.07 Å². The fraction of sp³-hybridized carbons (Fsp3) is 0.357. The number of nitrogens with zero attached hydrogens (tertiary/aromatic N) is 2. The lowest BCUT2D eigenvalue weighted by atomic mass is 10.2. The topological polar surface area (TPSA) is 52.1 Å². The van der Waals surface area contributed by atoms with E-state index < -0.39 is 0 Å². The monoisotopic (exact) mass is 276 g/mol. The zero-order valence-electron chi connectivity index (χ0n) is 11.0. The molecule has 0 aromatic carbocycles. The van der Waals surface area contributed by atoms with Crippen LogP contribution in [0.3, 0.4) is 0 Å². The highest BCUT2D eigenvalue weighted by molar-refractivity contribution is 7.13. The molecule has 0 atom stereocenters. The molecule has 0 amide bonds. The molecule has 2 aromatic rings. The molecule has 0 bridgehead atoms. The zero-order chi connectivity index (χ0) is 13.7. The number of carbonyl (C=O) groups is 1. The van der Waals surface area contributed by atoms with Gasteiger partial charge in [0.2, 0.25) is 0 Å². The lowest BCUT2D eigenvalue weighted by Crippen LogP contribution is -2.05. The molecule has 4 nitrogen and oxygen atoms in total. The second-order valence-electron chi connectivity index (χ2n) is 4.11. The van der Waals surface area contributed by atoms with Crippen LogP contribution in [0.25, 0.3) is 10.7 Å². The summed E-state index contributed by atoms with van der Waals surface area (Å²) in [7, 11) is 0. The van der Waals surface area contributed by atoms with Crippen LogP contribution in [0.2, 0.25) is 0 Å². The minimum Gasteiger partial charge on any atom is -0.466 e. The van der Waals surface area contributed by atoms with Crippen molar-refractivity contribution >= 4 is 17.3 Å². The summed E-state index contributed by atoms with van der Waals surface area (Å²) < 4.78 is 4.90. The van der Waals surface area contributed by atoms with Gasteiger partial charge >= 0.3 is 5.97 Å². The van der Waals surface area contributed by atoms with Crippen molar-refractivity contribution in [2.75, 3.05) is 6.61 Å². The molecule has 19 heavy (non-hydrogen) atoms. The zero-order valence-corrected chi connectivity index (χ0v) is 11.9. The lowest BCUT2D eigenvalue weighted by Gasteiger charge is -1.99. The number of aryl methyl sites for hydroxylation is 2. The standard InChI is InChI=1S/C14H16N2O2S/c1-3-18-13(17)8-7-11-9-19-14(16-11)12-6-4-5-10(2)15-12/h4-6,9H,3,7-8H2,1-2H3. The van der Waals surface area contributed by atoms with E-state index in [2.05, 4.69) is 9.97 Å². The van der Waals surface area contributed by atoms with Crippen LogP contribution >= 0.6 is 11.3 Å². The Labute approximate surface area is 116 Å². The molecule has 0 fully saturated rings. The molecule has 2 heterocycles. The van der Waals surface area contributed by atoms with Crippen LogP contribution in [0.1, 0.15) is 24.7 Å². The lowest BCUT2D eigenvalue weighted by molar-refractivity contribution is -0.143. The van der Waals surface area contributed by atoms with E-state index in [-0.39, 0.29) is 5.97 Å². The van der Waals surface area contributed by atoms with E-state index in [0.717, 1.165) is 22.1 Å². The summed E-state index contributed by atoms with van der Waals surface area (Å²) in [6.07, 6.45) is 0.986. The van der Waals surface area contributed by atoms with Crippen molar-refractivity contribution in [3.05, 3.63) is 35.0 Å². The molecule has 2 aromatic heterocycles. The minimum atomic E-state index is -0.175. The van der Waals surface area contributed by atoms with Gasteiger partial charge in [-0.3, -0.25) is 9.78 Å². The summed E-state index contributed by atoms with van der Waals surface area (Å²) in [6, 6.07) is 5.87. The average Bonchev–Trinajstić information content (AvgIpc) is 2.85. The number of hydrogen-bond donors (Lipinski definition) is 0. The van der Waals surface area contributed by atoms with Crippen LogP contribution in [0.4, 0.5) is 0 Å². The SMILES string of the molecule is CCOC(=O)CCc1csc(-c2cccc(C)n2)n1. The van der Waals surface area contributed by atoms with Crippen LogP contribution in [0.15, 0.2) is 23.6 Å². The van der Waals surface area contributed by atoms with Gasteiger partial charge in [0.05, 0.1) is 24.4 Å². The van der Waals surface area contributed by atoms with Gasteiger partial charge in [0.15, 0.2) is 0 Å². The highest BCUT2D eigenvalue weighted by Crippen LogP contribution is 2.22. The molecular weight excluding hydrogens is 260 g/mol. The Morgan fingerprint density at radius 3 is 2.95 bits per heavy atom. The number of pyridine rings is 1. The highest BCUT2D eigenvalue weighted by Gasteiger charge is 2.08. The molecule has 2 rings (SSSR count). The average molecular weight is 276 g/mol. The molecule has 0 aliphatic carbocycles. The van der Waals surface area contributed by atoms with E-state index in [4.69, 9.17) is 4.74 Å². The number of hydrogen-bond acceptors (Lipinski definition) is 5. The molecular formula is C14H16N2O2S. The molecule has 0 aliphatic rings. The van der Waals surface area contributed by atoms with Gasteiger partial charge in [-0.2, -0.15) is 0 Å². The molecule has 0 saturated carbocycles. The maximum absolute atomic E-state index is 11.3. The predicted molar refractivity (Wildman–Crippen MR) is 75.0 cm³/mol. The van der Waals surface area contributed by atoms with E-state index in [0.29, 0.717) is 19.4 Å². The van der Waals surface area contributed by atoms with Gasteiger partial charge in [-0.25, -0.2) is 4.98 Å². The summed E-state index contributed by atoms with van der Waals surface area (Å²) in [5.74, 6) is -0.175. The second kappa shape index (κ2) is 6.43. The van der Waals surface area contributed by atoms with Crippen molar-refractivity contribution in [3.63, 3.8) is 0 Å². The molecule has 0 spiro atoms. The van der Waals surface area contributed by atoms with Gasteiger partial charge < -0.3 is 4.74 Å². The van der Waals surface area contributed by atoms with Crippen LogP contribution in [-0.4, -0.2) is 22.5 Å². The maximum Gasteiger partial charge on any atom is 0.306 e. The largest absolute Gasteiger partial charge is 0.466 e. The van der Waals surface area contributed by atoms with Gasteiger partial charge in [-0.15, -0.1) is 11.3 Å². The highest BCUT2D eigenvalue weighted by atomic mass is 32.1. The fourth-order valence-electron chi connectivity index (χ4n) is 1.66. The first-order chi connectivity index (χ1) is 9.19. The third-order valence-corrected chi connectivity index (χ3v) is 3.46. The molecule has 0 radical (unpaired) electrons. The summed E-state index contributed by atoms with van der Waals surface area (Å²) in [6.45, 7) is 4.19. The number of ether oxygens (including phenoxy) is 1. The first-order valence-corrected chi connectivity index (χ1v) is 7.11. The third kappa shape index (κ3) is 3.86. The van der Waals surface area contributed by atoms with Gasteiger partial charge in [-0.05, 0) is 26.0 Å². The molecule has 0 aliphatic heterocycles. The Morgan fingerprint density at radius 2 is 2.21 bits per heavy atom. The summed E-state index contributed by atoms with van der Waals surface area (Å²) in [4.78, 5) is 20.2. The van der Waals surface area contributed by atoms with Crippen molar-refractivity contribution in [2.24, 2.45) is 0 Å². The van der Waals surface area contributed by atoms with E-state index in [1.165, 1.54) is 0 Å². The molecule has 5 heteroatoms. The number of thiazole rings is 1. The van der Waals surface area contributed by atoms with Crippen LogP contribution in [0, 0.1) is 6.92 Å². The van der Waals surface area contributed by atoms with E-state index >= 15 is 0 Å². The molecule has 100 valence electrons. The number of esters is 1. The fourth-order valence-corrected chi connectivity index (χ4v) is 2.49. The maximum atomic E-state index is 11.3. The van der Waals surface area contributed by atoms with Crippen molar-refractivity contribution in [3.8, 4) is 10.7 Å².